The van der Waals surface area contributed by atoms with E-state index in [9.17, 15) is 9.18 Å². The Bertz CT molecular complexity index is 644. The van der Waals surface area contributed by atoms with Gasteiger partial charge >= 0.3 is 0 Å². The number of rotatable bonds is 3. The number of nitrogens with two attached hydrogens (primary N) is 1. The van der Waals surface area contributed by atoms with Gasteiger partial charge in [0, 0.05) is 10.7 Å². The molecule has 0 unspecified atom stereocenters. The van der Waals surface area contributed by atoms with Crippen molar-refractivity contribution in [2.45, 2.75) is 0 Å². The third kappa shape index (κ3) is 3.12. The summed E-state index contributed by atoms with van der Waals surface area (Å²) in [6.07, 6.45) is 0. The molecule has 2 rings (SSSR count). The van der Waals surface area contributed by atoms with E-state index in [4.69, 9.17) is 28.9 Å². The average molecular weight is 314 g/mol. The number of hydrogen-bond acceptors (Lipinski definition) is 3. The molecule has 0 bridgehead atoms. The van der Waals surface area contributed by atoms with Crippen LogP contribution in [0.4, 0.5) is 15.8 Å². The molecule has 4 nitrogen and oxygen atoms in total. The molecule has 0 spiro atoms. The molecule has 4 N–H and O–H groups in total. The number of carbonyl (C=O) groups is 1. The van der Waals surface area contributed by atoms with Gasteiger partial charge in [-0.3, -0.25) is 15.6 Å². The first-order chi connectivity index (χ1) is 9.49. The quantitative estimate of drug-likeness (QED) is 0.600. The highest BCUT2D eigenvalue weighted by molar-refractivity contribution is 6.35. The molecule has 0 heterocycles. The van der Waals surface area contributed by atoms with Crippen LogP contribution in [0.1, 0.15) is 10.4 Å². The molecule has 20 heavy (non-hydrogen) atoms. The van der Waals surface area contributed by atoms with Crippen LogP contribution in [0.2, 0.25) is 10.0 Å². The van der Waals surface area contributed by atoms with Gasteiger partial charge in [-0.05, 0) is 30.3 Å². The van der Waals surface area contributed by atoms with E-state index >= 15 is 0 Å². The fourth-order valence-corrected chi connectivity index (χ4v) is 1.90. The molecule has 0 aliphatic carbocycles. The first-order valence-electron chi connectivity index (χ1n) is 5.54. The Labute approximate surface area is 124 Å². The van der Waals surface area contributed by atoms with E-state index < -0.39 is 11.7 Å². The van der Waals surface area contributed by atoms with Gasteiger partial charge in [-0.15, -0.1) is 0 Å². The van der Waals surface area contributed by atoms with Gasteiger partial charge in [-0.2, -0.15) is 0 Å². The fraction of sp³-hybridized carbons (Fsp3) is 0. The van der Waals surface area contributed by atoms with E-state index in [-0.39, 0.29) is 11.3 Å². The molecule has 104 valence electrons. The maximum absolute atomic E-state index is 13.6. The summed E-state index contributed by atoms with van der Waals surface area (Å²) in [4.78, 5) is 11.9. The molecule has 0 radical (unpaired) electrons. The van der Waals surface area contributed by atoms with Gasteiger partial charge < -0.3 is 5.73 Å². The highest BCUT2D eigenvalue weighted by Crippen LogP contribution is 2.25. The normalized spacial score (nSPS) is 10.2. The van der Waals surface area contributed by atoms with Crippen molar-refractivity contribution in [1.82, 2.24) is 5.43 Å². The number of carbonyl (C=O) groups excluding carboxylic acids is 1. The van der Waals surface area contributed by atoms with Gasteiger partial charge in [0.05, 0.1) is 16.3 Å². The van der Waals surface area contributed by atoms with Crippen molar-refractivity contribution in [1.29, 1.82) is 0 Å². The first-order valence-corrected chi connectivity index (χ1v) is 6.30. The van der Waals surface area contributed by atoms with Gasteiger partial charge in [-0.25, -0.2) is 4.39 Å². The Morgan fingerprint density at radius 3 is 2.65 bits per heavy atom. The number of hydrazine groups is 1. The monoisotopic (exact) mass is 313 g/mol. The predicted molar refractivity (Wildman–Crippen MR) is 78.4 cm³/mol. The molecule has 0 fully saturated rings. The highest BCUT2D eigenvalue weighted by Gasteiger charge is 2.15. The zero-order valence-electron chi connectivity index (χ0n) is 10.1. The Morgan fingerprint density at radius 2 is 1.95 bits per heavy atom. The first kappa shape index (κ1) is 14.4. The van der Waals surface area contributed by atoms with Crippen LogP contribution in [0.5, 0.6) is 0 Å². The summed E-state index contributed by atoms with van der Waals surface area (Å²) in [6, 6.07) is 8.70. The summed E-state index contributed by atoms with van der Waals surface area (Å²) in [7, 11) is 0. The van der Waals surface area contributed by atoms with Crippen LogP contribution >= 0.6 is 23.2 Å². The highest BCUT2D eigenvalue weighted by atomic mass is 35.5. The van der Waals surface area contributed by atoms with Gasteiger partial charge in [0.25, 0.3) is 5.91 Å². The Kier molecular flexibility index (Phi) is 4.32. The van der Waals surface area contributed by atoms with Crippen molar-refractivity contribution < 1.29 is 9.18 Å². The maximum atomic E-state index is 13.6. The lowest BCUT2D eigenvalue weighted by molar-refractivity contribution is 0.0959. The van der Waals surface area contributed by atoms with Crippen molar-refractivity contribution in [2.24, 2.45) is 0 Å². The molecule has 0 atom stereocenters. The van der Waals surface area contributed by atoms with Gasteiger partial charge in [0.2, 0.25) is 0 Å². The van der Waals surface area contributed by atoms with Crippen LogP contribution in [0.25, 0.3) is 0 Å². The lowest BCUT2D eigenvalue weighted by atomic mass is 10.1. The third-order valence-corrected chi connectivity index (χ3v) is 3.08. The molecule has 2 aromatic rings. The minimum atomic E-state index is -0.711. The van der Waals surface area contributed by atoms with Crippen molar-refractivity contribution in [3.8, 4) is 0 Å². The van der Waals surface area contributed by atoms with Crippen molar-refractivity contribution in [2.75, 3.05) is 11.2 Å². The summed E-state index contributed by atoms with van der Waals surface area (Å²) < 4.78 is 13.6. The molecule has 1 amide bonds. The van der Waals surface area contributed by atoms with Gasteiger partial charge in [0.1, 0.15) is 5.82 Å². The van der Waals surface area contributed by atoms with Crippen LogP contribution in [0, 0.1) is 5.82 Å². The van der Waals surface area contributed by atoms with Crippen molar-refractivity contribution in [3.05, 3.63) is 57.8 Å². The summed E-state index contributed by atoms with van der Waals surface area (Å²) in [6.45, 7) is 0. The van der Waals surface area contributed by atoms with E-state index in [1.165, 1.54) is 18.2 Å². The average Bonchev–Trinajstić information content (AvgIpc) is 2.39. The Balaban J connectivity index is 2.15. The molecule has 0 saturated carbocycles. The van der Waals surface area contributed by atoms with E-state index in [2.05, 4.69) is 10.9 Å². The Morgan fingerprint density at radius 1 is 1.20 bits per heavy atom. The van der Waals surface area contributed by atoms with E-state index in [0.717, 1.165) is 6.07 Å². The smallest absolute Gasteiger partial charge is 0.274 e. The molecule has 0 saturated heterocycles. The van der Waals surface area contributed by atoms with E-state index in [1.807, 2.05) is 0 Å². The summed E-state index contributed by atoms with van der Waals surface area (Å²) in [5.74, 6) is -1.42. The largest absolute Gasteiger partial charge is 0.398 e. The lowest BCUT2D eigenvalue weighted by Gasteiger charge is -2.12. The minimum Gasteiger partial charge on any atom is -0.398 e. The topological polar surface area (TPSA) is 67.2 Å². The second kappa shape index (κ2) is 5.98. The van der Waals surface area contributed by atoms with Gasteiger partial charge in [0.15, 0.2) is 0 Å². The van der Waals surface area contributed by atoms with Crippen LogP contribution in [0.3, 0.4) is 0 Å². The number of nitrogen functional groups attached to an aromatic ring is 1. The number of hydrogen-bond donors (Lipinski definition) is 3. The molecule has 0 aliphatic rings. The minimum absolute atomic E-state index is 0.0430. The van der Waals surface area contributed by atoms with Crippen LogP contribution in [-0.2, 0) is 0 Å². The lowest BCUT2D eigenvalue weighted by Crippen LogP contribution is -2.30. The predicted octanol–water partition coefficient (Wildman–Crippen LogP) is 3.47. The van der Waals surface area contributed by atoms with Crippen LogP contribution in [0.15, 0.2) is 36.4 Å². The third-order valence-electron chi connectivity index (χ3n) is 2.51. The molecule has 7 heteroatoms. The van der Waals surface area contributed by atoms with Crippen molar-refractivity contribution >= 4 is 40.5 Å². The Hall–Kier alpha value is -1.98. The van der Waals surface area contributed by atoms with Crippen LogP contribution in [-0.4, -0.2) is 5.91 Å². The summed E-state index contributed by atoms with van der Waals surface area (Å²) in [5, 5.41) is 0.799. The molecular formula is C13H10Cl2FN3O. The van der Waals surface area contributed by atoms with E-state index in [1.54, 1.807) is 12.1 Å². The number of halogens is 3. The number of amides is 1. The molecule has 2 aromatic carbocycles. The van der Waals surface area contributed by atoms with Crippen molar-refractivity contribution in [3.63, 3.8) is 0 Å². The zero-order chi connectivity index (χ0) is 14.7. The second-order valence-electron chi connectivity index (χ2n) is 3.91. The number of benzene rings is 2. The summed E-state index contributed by atoms with van der Waals surface area (Å²) in [5.41, 5.74) is 10.6. The van der Waals surface area contributed by atoms with Gasteiger partial charge in [-0.1, -0.05) is 29.3 Å². The molecular weight excluding hydrogens is 304 g/mol. The summed E-state index contributed by atoms with van der Waals surface area (Å²) >= 11 is 11.7. The number of anilines is 2. The number of nitrogens with one attached hydrogen (secondary N) is 2. The van der Waals surface area contributed by atoms with E-state index in [0.29, 0.717) is 15.7 Å². The fourth-order valence-electron chi connectivity index (χ4n) is 1.56. The maximum Gasteiger partial charge on any atom is 0.274 e. The SMILES string of the molecule is Nc1cccc(F)c1C(=O)NNc1cc(Cl)ccc1Cl. The standard InChI is InChI=1S/C13H10Cl2FN3O/c14-7-4-5-8(15)11(6-7)18-19-13(20)12-9(16)2-1-3-10(12)17/h1-6,18H,17H2,(H,19,20). The molecule has 0 aliphatic heterocycles. The van der Waals surface area contributed by atoms with Crippen LogP contribution < -0.4 is 16.6 Å². The second-order valence-corrected chi connectivity index (χ2v) is 4.75. The molecule has 0 aromatic heterocycles. The zero-order valence-corrected chi connectivity index (χ0v) is 11.6.